The summed E-state index contributed by atoms with van der Waals surface area (Å²) in [5.74, 6) is 0. The van der Waals surface area contributed by atoms with Crippen molar-refractivity contribution in [1.29, 1.82) is 5.26 Å². The average Bonchev–Trinajstić information content (AvgIpc) is 3.17. The molecule has 144 valence electrons. The fraction of sp³-hybridized carbons (Fsp3) is 0.391. The number of hydrogen-bond donors (Lipinski definition) is 1. The normalized spacial score (nSPS) is 19.3. The predicted octanol–water partition coefficient (Wildman–Crippen LogP) is 4.36. The van der Waals surface area contributed by atoms with Gasteiger partial charge in [0.15, 0.2) is 6.19 Å². The minimum absolute atomic E-state index is 0.433. The molecule has 2 aromatic rings. The van der Waals surface area contributed by atoms with Gasteiger partial charge in [-0.2, -0.15) is 5.26 Å². The summed E-state index contributed by atoms with van der Waals surface area (Å²) in [5.41, 5.74) is 4.26. The standard InChI is InChI=1S/C23H26N4O/c24-17-25-23(28)27(21-6-2-1-3-7-21)22-13-9-18-8-11-20(12-10-19(18)16-22)26-14-4-5-15-26/h1-3,6-7,9,13,16,20H,4-5,8,10-12,14-15H2,(H,25,28)/t20-/m1/s1. The van der Waals surface area contributed by atoms with E-state index in [0.29, 0.717) is 6.04 Å². The van der Waals surface area contributed by atoms with Crippen molar-refractivity contribution in [2.75, 3.05) is 18.0 Å². The molecule has 2 aliphatic rings. The molecule has 1 atom stereocenters. The fourth-order valence-electron chi connectivity index (χ4n) is 4.55. The molecule has 1 aliphatic carbocycles. The summed E-state index contributed by atoms with van der Waals surface area (Å²) in [7, 11) is 0. The molecule has 1 fully saturated rings. The monoisotopic (exact) mass is 374 g/mol. The fourth-order valence-corrected chi connectivity index (χ4v) is 4.55. The number of aryl methyl sites for hydroxylation is 2. The number of nitrogens with one attached hydrogen (secondary N) is 1. The highest BCUT2D eigenvalue weighted by Crippen LogP contribution is 2.31. The number of fused-ring (bicyclic) bond motifs is 1. The maximum absolute atomic E-state index is 12.6. The molecule has 5 nitrogen and oxygen atoms in total. The first-order valence-electron chi connectivity index (χ1n) is 10.2. The Morgan fingerprint density at radius 2 is 1.71 bits per heavy atom. The lowest BCUT2D eigenvalue weighted by Gasteiger charge is -2.26. The van der Waals surface area contributed by atoms with Gasteiger partial charge in [-0.25, -0.2) is 10.1 Å². The van der Waals surface area contributed by atoms with Crippen LogP contribution in [0.3, 0.4) is 0 Å². The highest BCUT2D eigenvalue weighted by molar-refractivity contribution is 6.00. The number of likely N-dealkylation sites (tertiary alicyclic amines) is 1. The Balaban J connectivity index is 1.60. The van der Waals surface area contributed by atoms with Gasteiger partial charge in [-0.1, -0.05) is 24.3 Å². The minimum atomic E-state index is -0.433. The van der Waals surface area contributed by atoms with Crippen molar-refractivity contribution in [3.8, 4) is 6.19 Å². The summed E-state index contributed by atoms with van der Waals surface area (Å²) in [6.07, 6.45) is 8.91. The molecule has 4 rings (SSSR count). The number of carbonyl (C=O) groups excluding carboxylic acids is 1. The molecular formula is C23H26N4O. The average molecular weight is 374 g/mol. The van der Waals surface area contributed by atoms with E-state index in [2.05, 4.69) is 22.3 Å². The van der Waals surface area contributed by atoms with Crippen molar-refractivity contribution in [2.24, 2.45) is 0 Å². The Morgan fingerprint density at radius 1 is 1.00 bits per heavy atom. The van der Waals surface area contributed by atoms with E-state index in [1.54, 1.807) is 11.1 Å². The molecule has 1 heterocycles. The topological polar surface area (TPSA) is 59.4 Å². The van der Waals surface area contributed by atoms with Crippen LogP contribution in [0.5, 0.6) is 0 Å². The molecule has 1 aliphatic heterocycles. The van der Waals surface area contributed by atoms with Gasteiger partial charge in [0.25, 0.3) is 0 Å². The lowest BCUT2D eigenvalue weighted by molar-refractivity contribution is 0.222. The summed E-state index contributed by atoms with van der Waals surface area (Å²) >= 11 is 0. The molecule has 0 aromatic heterocycles. The molecule has 1 N–H and O–H groups in total. The first kappa shape index (κ1) is 18.5. The van der Waals surface area contributed by atoms with Gasteiger partial charge >= 0.3 is 6.03 Å². The first-order chi connectivity index (χ1) is 13.8. The van der Waals surface area contributed by atoms with Gasteiger partial charge in [0.2, 0.25) is 0 Å². The SMILES string of the molecule is N#CNC(=O)N(c1ccccc1)c1ccc2c(c1)CC[C@H](N1CCCC1)CC2. The van der Waals surface area contributed by atoms with Gasteiger partial charge in [-0.05, 0) is 87.0 Å². The zero-order chi connectivity index (χ0) is 19.3. The molecule has 0 radical (unpaired) electrons. The summed E-state index contributed by atoms with van der Waals surface area (Å²) in [6, 6.07) is 16.0. The van der Waals surface area contributed by atoms with Crippen LogP contribution in [-0.4, -0.2) is 30.1 Å². The van der Waals surface area contributed by atoms with Crippen LogP contribution in [0.4, 0.5) is 16.2 Å². The molecule has 2 amide bonds. The Morgan fingerprint density at radius 3 is 2.43 bits per heavy atom. The molecule has 0 bridgehead atoms. The van der Waals surface area contributed by atoms with Crippen LogP contribution in [0.25, 0.3) is 0 Å². The first-order valence-corrected chi connectivity index (χ1v) is 10.2. The maximum Gasteiger partial charge on any atom is 0.339 e. The van der Waals surface area contributed by atoms with E-state index in [4.69, 9.17) is 5.26 Å². The zero-order valence-electron chi connectivity index (χ0n) is 16.1. The molecule has 1 saturated heterocycles. The summed E-state index contributed by atoms with van der Waals surface area (Å²) in [5, 5.41) is 11.2. The second kappa shape index (κ2) is 8.45. The Labute approximate surface area is 166 Å². The van der Waals surface area contributed by atoms with Gasteiger partial charge in [0.1, 0.15) is 0 Å². The number of hydrogen-bond acceptors (Lipinski definition) is 3. The van der Waals surface area contributed by atoms with Gasteiger partial charge in [-0.15, -0.1) is 0 Å². The third-order valence-electron chi connectivity index (χ3n) is 5.98. The van der Waals surface area contributed by atoms with Crippen LogP contribution in [0, 0.1) is 11.5 Å². The van der Waals surface area contributed by atoms with E-state index in [0.717, 1.165) is 24.2 Å². The second-order valence-corrected chi connectivity index (χ2v) is 7.64. The van der Waals surface area contributed by atoms with Crippen LogP contribution < -0.4 is 10.2 Å². The number of para-hydroxylation sites is 1. The Kier molecular flexibility index (Phi) is 5.59. The highest BCUT2D eigenvalue weighted by Gasteiger charge is 2.25. The number of amides is 2. The van der Waals surface area contributed by atoms with Crippen LogP contribution in [0.15, 0.2) is 48.5 Å². The number of urea groups is 1. The van der Waals surface area contributed by atoms with Crippen molar-refractivity contribution in [1.82, 2.24) is 10.2 Å². The largest absolute Gasteiger partial charge is 0.339 e. The van der Waals surface area contributed by atoms with E-state index in [1.807, 2.05) is 36.4 Å². The lowest BCUT2D eigenvalue weighted by Crippen LogP contribution is -2.34. The van der Waals surface area contributed by atoms with Crippen molar-refractivity contribution in [2.45, 2.75) is 44.6 Å². The number of carbonyl (C=O) groups is 1. The molecule has 5 heteroatoms. The van der Waals surface area contributed by atoms with Crippen LogP contribution in [-0.2, 0) is 12.8 Å². The smallest absolute Gasteiger partial charge is 0.300 e. The van der Waals surface area contributed by atoms with Gasteiger partial charge in [0.05, 0.1) is 11.4 Å². The van der Waals surface area contributed by atoms with Crippen molar-refractivity contribution < 1.29 is 4.79 Å². The third kappa shape index (κ3) is 3.88. The summed E-state index contributed by atoms with van der Waals surface area (Å²) in [6.45, 7) is 2.48. The Bertz CT molecular complexity index is 868. The zero-order valence-corrected chi connectivity index (χ0v) is 16.1. The van der Waals surface area contributed by atoms with E-state index in [9.17, 15) is 4.79 Å². The number of nitriles is 1. The van der Waals surface area contributed by atoms with E-state index in [1.165, 1.54) is 49.9 Å². The molecule has 0 spiro atoms. The van der Waals surface area contributed by atoms with Crippen molar-refractivity contribution >= 4 is 17.4 Å². The maximum atomic E-state index is 12.6. The minimum Gasteiger partial charge on any atom is -0.300 e. The number of rotatable bonds is 3. The van der Waals surface area contributed by atoms with E-state index >= 15 is 0 Å². The van der Waals surface area contributed by atoms with Crippen LogP contribution >= 0.6 is 0 Å². The van der Waals surface area contributed by atoms with Crippen molar-refractivity contribution in [3.05, 3.63) is 59.7 Å². The number of benzene rings is 2. The number of nitrogens with zero attached hydrogens (tertiary/aromatic N) is 3. The predicted molar refractivity (Wildman–Crippen MR) is 110 cm³/mol. The van der Waals surface area contributed by atoms with Gasteiger partial charge < -0.3 is 4.90 Å². The van der Waals surface area contributed by atoms with E-state index in [-0.39, 0.29) is 0 Å². The Hall–Kier alpha value is -2.84. The van der Waals surface area contributed by atoms with Gasteiger partial charge in [0, 0.05) is 6.04 Å². The second-order valence-electron chi connectivity index (χ2n) is 7.64. The number of anilines is 2. The molecular weight excluding hydrogens is 348 g/mol. The van der Waals surface area contributed by atoms with Crippen LogP contribution in [0.1, 0.15) is 36.8 Å². The quantitative estimate of drug-likeness (QED) is 0.493. The molecule has 0 saturated carbocycles. The van der Waals surface area contributed by atoms with E-state index < -0.39 is 6.03 Å². The molecule has 0 unspecified atom stereocenters. The highest BCUT2D eigenvalue weighted by atomic mass is 16.2. The lowest BCUT2D eigenvalue weighted by atomic mass is 10.0. The van der Waals surface area contributed by atoms with Crippen LogP contribution in [0.2, 0.25) is 0 Å². The third-order valence-corrected chi connectivity index (χ3v) is 5.98. The van der Waals surface area contributed by atoms with Gasteiger partial charge in [-0.3, -0.25) is 4.90 Å². The molecule has 28 heavy (non-hydrogen) atoms. The molecule has 2 aromatic carbocycles. The summed E-state index contributed by atoms with van der Waals surface area (Å²) < 4.78 is 0. The summed E-state index contributed by atoms with van der Waals surface area (Å²) in [4.78, 5) is 16.8. The van der Waals surface area contributed by atoms with Crippen molar-refractivity contribution in [3.63, 3.8) is 0 Å².